The molecule has 3 aromatic carbocycles. The van der Waals surface area contributed by atoms with Crippen molar-refractivity contribution < 1.29 is 9.59 Å². The molecule has 4 atom stereocenters. The predicted molar refractivity (Wildman–Crippen MR) is 140 cm³/mol. The Kier molecular flexibility index (Phi) is 5.08. The Bertz CT molecular complexity index is 1350. The van der Waals surface area contributed by atoms with Gasteiger partial charge in [0.05, 0.1) is 17.5 Å². The fourth-order valence-corrected chi connectivity index (χ4v) is 6.19. The quantitative estimate of drug-likeness (QED) is 0.310. The lowest BCUT2D eigenvalue weighted by Gasteiger charge is -2.22. The molecule has 2 bridgehead atoms. The largest absolute Gasteiger partial charge is 0.274 e. The zero-order valence-corrected chi connectivity index (χ0v) is 20.7. The number of fused-ring (bicyclic) bond motifs is 5. The first-order valence-corrected chi connectivity index (χ1v) is 12.4. The summed E-state index contributed by atoms with van der Waals surface area (Å²) in [5.41, 5.74) is 8.45. The number of allylic oxidation sites excluding steroid dienone is 3. The van der Waals surface area contributed by atoms with E-state index in [-0.39, 0.29) is 35.5 Å². The molecule has 1 aliphatic heterocycles. The Hall–Kier alpha value is -3.43. The highest BCUT2D eigenvalue weighted by molar-refractivity contribution is 6.32. The summed E-state index contributed by atoms with van der Waals surface area (Å²) in [4.78, 5) is 28.8. The van der Waals surface area contributed by atoms with Gasteiger partial charge < -0.3 is 0 Å². The zero-order valence-electron chi connectivity index (χ0n) is 20.0. The van der Waals surface area contributed by atoms with Gasteiger partial charge in [-0.3, -0.25) is 9.59 Å². The van der Waals surface area contributed by atoms with Gasteiger partial charge in [0.25, 0.3) is 0 Å². The van der Waals surface area contributed by atoms with Gasteiger partial charge >= 0.3 is 0 Å². The van der Waals surface area contributed by atoms with Crippen molar-refractivity contribution in [2.24, 2.45) is 23.7 Å². The van der Waals surface area contributed by atoms with E-state index in [1.54, 1.807) is 6.07 Å². The second-order valence-electron chi connectivity index (χ2n) is 10.00. The van der Waals surface area contributed by atoms with Crippen LogP contribution in [0.5, 0.6) is 0 Å². The van der Waals surface area contributed by atoms with Crippen LogP contribution in [0.4, 0.5) is 5.69 Å². The van der Waals surface area contributed by atoms with E-state index < -0.39 is 0 Å². The van der Waals surface area contributed by atoms with Gasteiger partial charge in [-0.2, -0.15) is 0 Å². The minimum Gasteiger partial charge on any atom is -0.274 e. The number of nitrogens with zero attached hydrogens (tertiary/aromatic N) is 1. The maximum Gasteiger partial charge on any atom is 0.238 e. The summed E-state index contributed by atoms with van der Waals surface area (Å²) in [7, 11) is 0. The van der Waals surface area contributed by atoms with Gasteiger partial charge in [0.15, 0.2) is 0 Å². The predicted octanol–water partition coefficient (Wildman–Crippen LogP) is 6.69. The van der Waals surface area contributed by atoms with Gasteiger partial charge in [-0.1, -0.05) is 89.5 Å². The van der Waals surface area contributed by atoms with Crippen LogP contribution < -0.4 is 4.90 Å². The van der Waals surface area contributed by atoms with E-state index in [0.717, 1.165) is 22.3 Å². The van der Waals surface area contributed by atoms with E-state index in [4.69, 9.17) is 11.6 Å². The number of anilines is 1. The van der Waals surface area contributed by atoms with Crippen LogP contribution in [-0.2, 0) is 9.59 Å². The summed E-state index contributed by atoms with van der Waals surface area (Å²) in [6, 6.07) is 22.5. The van der Waals surface area contributed by atoms with Crippen molar-refractivity contribution in [2.45, 2.75) is 20.8 Å². The smallest absolute Gasteiger partial charge is 0.238 e. The van der Waals surface area contributed by atoms with Gasteiger partial charge in [-0.05, 0) is 60.7 Å². The van der Waals surface area contributed by atoms with Crippen molar-refractivity contribution in [3.63, 3.8) is 0 Å². The third kappa shape index (κ3) is 3.33. The summed E-state index contributed by atoms with van der Waals surface area (Å²) in [5.74, 6) is -1.19. The first kappa shape index (κ1) is 22.1. The van der Waals surface area contributed by atoms with Crippen molar-refractivity contribution in [1.82, 2.24) is 0 Å². The number of halogens is 1. The molecule has 1 saturated carbocycles. The van der Waals surface area contributed by atoms with Crippen LogP contribution in [0.25, 0.3) is 5.57 Å². The van der Waals surface area contributed by atoms with Gasteiger partial charge in [-0.25, -0.2) is 4.90 Å². The number of imide groups is 1. The fraction of sp³-hybridized carbons (Fsp3) is 0.226. The fourth-order valence-electron chi connectivity index (χ4n) is 6.01. The molecule has 0 N–H and O–H groups in total. The van der Waals surface area contributed by atoms with Crippen LogP contribution in [0.2, 0.25) is 5.02 Å². The number of hydrogen-bond donors (Lipinski definition) is 0. The van der Waals surface area contributed by atoms with Gasteiger partial charge in [-0.15, -0.1) is 0 Å². The van der Waals surface area contributed by atoms with E-state index >= 15 is 0 Å². The summed E-state index contributed by atoms with van der Waals surface area (Å²) in [6.07, 6.45) is 4.28. The Labute approximate surface area is 210 Å². The molecule has 6 rings (SSSR count). The van der Waals surface area contributed by atoms with Crippen LogP contribution in [-0.4, -0.2) is 11.8 Å². The van der Waals surface area contributed by atoms with Crippen LogP contribution >= 0.6 is 11.6 Å². The lowest BCUT2D eigenvalue weighted by Crippen LogP contribution is -2.33. The standard InChI is InChI=1S/C31H26ClNO2/c1-17-4-9-20(10-5-17)26(21-11-6-18(2)7-12-21)27-23-14-15-24(27)29-28(23)30(34)33(31(29)35)22-13-8-19(3)25(32)16-22/h4-16,23-24,28-29H,1-3H3/t23-,24-,28+,29+/m1/s1. The van der Waals surface area contributed by atoms with Crippen LogP contribution in [0.1, 0.15) is 27.8 Å². The van der Waals surface area contributed by atoms with Crippen molar-refractivity contribution in [2.75, 3.05) is 4.90 Å². The van der Waals surface area contributed by atoms with Crippen LogP contribution in [0, 0.1) is 44.4 Å². The molecule has 0 radical (unpaired) electrons. The lowest BCUT2D eigenvalue weighted by molar-refractivity contribution is -0.122. The maximum absolute atomic E-state index is 13.7. The molecule has 3 nitrogen and oxygen atoms in total. The van der Waals surface area contributed by atoms with Crippen molar-refractivity contribution in [1.29, 1.82) is 0 Å². The van der Waals surface area contributed by atoms with Gasteiger partial charge in [0.2, 0.25) is 11.8 Å². The lowest BCUT2D eigenvalue weighted by atomic mass is 9.85. The number of carbonyl (C=O) groups excluding carboxylic acids is 2. The zero-order chi connectivity index (χ0) is 24.4. The number of carbonyl (C=O) groups is 2. The van der Waals surface area contributed by atoms with E-state index in [1.165, 1.54) is 21.6 Å². The Morgan fingerprint density at radius 1 is 0.714 bits per heavy atom. The molecule has 2 amide bonds. The van der Waals surface area contributed by atoms with E-state index in [2.05, 4.69) is 74.5 Å². The molecule has 0 unspecified atom stereocenters. The molecule has 174 valence electrons. The van der Waals surface area contributed by atoms with E-state index in [9.17, 15) is 9.59 Å². The Morgan fingerprint density at radius 2 is 1.20 bits per heavy atom. The molecule has 1 heterocycles. The van der Waals surface area contributed by atoms with E-state index in [0.29, 0.717) is 10.7 Å². The van der Waals surface area contributed by atoms with Crippen molar-refractivity contribution in [3.8, 4) is 0 Å². The highest BCUT2D eigenvalue weighted by Crippen LogP contribution is 2.59. The molecule has 1 saturated heterocycles. The Balaban J connectivity index is 1.48. The van der Waals surface area contributed by atoms with Gasteiger partial charge in [0, 0.05) is 16.9 Å². The maximum atomic E-state index is 13.7. The normalized spacial score (nSPS) is 24.5. The van der Waals surface area contributed by atoms with E-state index in [1.807, 2.05) is 19.1 Å². The molecular formula is C31H26ClNO2. The summed E-state index contributed by atoms with van der Waals surface area (Å²) in [5, 5.41) is 0.558. The van der Waals surface area contributed by atoms with Crippen LogP contribution in [0.15, 0.2) is 84.5 Å². The second-order valence-corrected chi connectivity index (χ2v) is 10.4. The van der Waals surface area contributed by atoms with Gasteiger partial charge in [0.1, 0.15) is 0 Å². The monoisotopic (exact) mass is 479 g/mol. The highest BCUT2D eigenvalue weighted by atomic mass is 35.5. The average Bonchev–Trinajstić information content (AvgIpc) is 3.48. The minimum absolute atomic E-state index is 0.0926. The SMILES string of the molecule is Cc1ccc(C(=C2[C@H]3C=C[C@H]2[C@@H]2C(=O)N(c4ccc(C)c(Cl)c4)C(=O)[C@H]23)c2ccc(C)cc2)cc1. The molecule has 2 aliphatic carbocycles. The molecule has 3 aliphatic rings. The third-order valence-electron chi connectivity index (χ3n) is 7.80. The summed E-state index contributed by atoms with van der Waals surface area (Å²) >= 11 is 6.33. The van der Waals surface area contributed by atoms with Crippen molar-refractivity contribution >= 4 is 34.7 Å². The second kappa shape index (κ2) is 8.07. The number of benzene rings is 3. The minimum atomic E-state index is -0.376. The van der Waals surface area contributed by atoms with Crippen molar-refractivity contribution in [3.05, 3.63) is 117 Å². The first-order chi connectivity index (χ1) is 16.8. The molecular weight excluding hydrogens is 454 g/mol. The topological polar surface area (TPSA) is 37.4 Å². The molecule has 0 spiro atoms. The highest BCUT2D eigenvalue weighted by Gasteiger charge is 2.62. The molecule has 35 heavy (non-hydrogen) atoms. The Morgan fingerprint density at radius 3 is 1.66 bits per heavy atom. The molecule has 2 fully saturated rings. The summed E-state index contributed by atoms with van der Waals surface area (Å²) < 4.78 is 0. The average molecular weight is 480 g/mol. The molecule has 0 aromatic heterocycles. The number of rotatable bonds is 3. The number of hydrogen-bond acceptors (Lipinski definition) is 2. The summed E-state index contributed by atoms with van der Waals surface area (Å²) in [6.45, 7) is 6.07. The number of amides is 2. The van der Waals surface area contributed by atoms with Crippen LogP contribution in [0.3, 0.4) is 0 Å². The molecule has 4 heteroatoms. The third-order valence-corrected chi connectivity index (χ3v) is 8.21. The molecule has 3 aromatic rings. The number of aryl methyl sites for hydroxylation is 3. The first-order valence-electron chi connectivity index (χ1n) is 12.1.